The highest BCUT2D eigenvalue weighted by Gasteiger charge is 2.10. The van der Waals surface area contributed by atoms with Crippen LogP contribution in [0.3, 0.4) is 0 Å². The Morgan fingerprint density at radius 3 is 3.12 bits per heavy atom. The van der Waals surface area contributed by atoms with Crippen LogP contribution in [0.25, 0.3) is 11.6 Å². The van der Waals surface area contributed by atoms with E-state index in [-0.39, 0.29) is 0 Å². The predicted octanol–water partition coefficient (Wildman–Crippen LogP) is 0.743. The maximum atomic E-state index is 5.07. The van der Waals surface area contributed by atoms with E-state index in [1.807, 2.05) is 0 Å². The average molecular weight is 222 g/mol. The Bertz CT molecular complexity index is 423. The second-order valence-corrected chi connectivity index (χ2v) is 3.54. The van der Waals surface area contributed by atoms with E-state index in [2.05, 4.69) is 44.5 Å². The van der Waals surface area contributed by atoms with Crippen LogP contribution in [0.5, 0.6) is 0 Å². The standard InChI is InChI=1S/C9H14N6O/c1-3-6(2)10-4-7-13-9(15-16-7)8-11-5-12-14-8/h5-6,10H,3-4H2,1-2H3,(H,11,12,14). The molecule has 1 unspecified atom stereocenters. The molecule has 0 aliphatic rings. The number of hydrogen-bond acceptors (Lipinski definition) is 6. The van der Waals surface area contributed by atoms with Crippen LogP contribution in [0.15, 0.2) is 10.9 Å². The van der Waals surface area contributed by atoms with Crippen molar-refractivity contribution < 1.29 is 4.52 Å². The fourth-order valence-corrected chi connectivity index (χ4v) is 1.14. The van der Waals surface area contributed by atoms with E-state index in [1.54, 1.807) is 0 Å². The molecular formula is C9H14N6O. The molecule has 1 atom stereocenters. The molecule has 2 rings (SSSR count). The van der Waals surface area contributed by atoms with Gasteiger partial charge in [0.1, 0.15) is 6.33 Å². The normalized spacial score (nSPS) is 12.9. The van der Waals surface area contributed by atoms with Gasteiger partial charge in [-0.3, -0.25) is 5.10 Å². The topological polar surface area (TPSA) is 92.5 Å². The molecule has 7 heteroatoms. The number of aromatic amines is 1. The summed E-state index contributed by atoms with van der Waals surface area (Å²) in [6.45, 7) is 4.79. The van der Waals surface area contributed by atoms with Crippen molar-refractivity contribution in [1.29, 1.82) is 0 Å². The van der Waals surface area contributed by atoms with Gasteiger partial charge in [0.15, 0.2) is 5.82 Å². The zero-order valence-electron chi connectivity index (χ0n) is 9.27. The molecule has 0 amide bonds. The van der Waals surface area contributed by atoms with Gasteiger partial charge in [-0.05, 0) is 13.3 Å². The second-order valence-electron chi connectivity index (χ2n) is 3.54. The van der Waals surface area contributed by atoms with Crippen LogP contribution < -0.4 is 5.32 Å². The molecule has 0 saturated carbocycles. The van der Waals surface area contributed by atoms with Crippen molar-refractivity contribution in [3.63, 3.8) is 0 Å². The Balaban J connectivity index is 1.98. The summed E-state index contributed by atoms with van der Waals surface area (Å²) in [7, 11) is 0. The van der Waals surface area contributed by atoms with Crippen molar-refractivity contribution >= 4 is 0 Å². The van der Waals surface area contributed by atoms with Crippen molar-refractivity contribution in [3.05, 3.63) is 12.2 Å². The largest absolute Gasteiger partial charge is 0.337 e. The molecule has 0 fully saturated rings. The molecule has 0 radical (unpaired) electrons. The summed E-state index contributed by atoms with van der Waals surface area (Å²) in [5.74, 6) is 1.49. The Kier molecular flexibility index (Phi) is 3.25. The van der Waals surface area contributed by atoms with Crippen LogP contribution in [0.2, 0.25) is 0 Å². The number of nitrogens with zero attached hydrogens (tertiary/aromatic N) is 4. The first-order chi connectivity index (χ1) is 7.79. The highest BCUT2D eigenvalue weighted by molar-refractivity contribution is 5.39. The molecule has 0 aliphatic carbocycles. The Hall–Kier alpha value is -1.76. The fraction of sp³-hybridized carbons (Fsp3) is 0.556. The molecular weight excluding hydrogens is 208 g/mol. The number of rotatable bonds is 5. The first-order valence-corrected chi connectivity index (χ1v) is 5.21. The van der Waals surface area contributed by atoms with Crippen molar-refractivity contribution in [1.82, 2.24) is 30.6 Å². The zero-order valence-corrected chi connectivity index (χ0v) is 9.27. The molecule has 0 saturated heterocycles. The third kappa shape index (κ3) is 2.43. The summed E-state index contributed by atoms with van der Waals surface area (Å²) in [5, 5.41) is 13.5. The van der Waals surface area contributed by atoms with Crippen LogP contribution in [-0.4, -0.2) is 31.4 Å². The lowest BCUT2D eigenvalue weighted by Gasteiger charge is -2.07. The smallest absolute Gasteiger partial charge is 0.241 e. The summed E-state index contributed by atoms with van der Waals surface area (Å²) in [4.78, 5) is 8.12. The fourth-order valence-electron chi connectivity index (χ4n) is 1.14. The minimum absolute atomic E-state index is 0.429. The van der Waals surface area contributed by atoms with Crippen molar-refractivity contribution in [2.75, 3.05) is 0 Å². The quantitative estimate of drug-likeness (QED) is 0.775. The molecule has 0 aliphatic heterocycles. The highest BCUT2D eigenvalue weighted by Crippen LogP contribution is 2.08. The van der Waals surface area contributed by atoms with Gasteiger partial charge >= 0.3 is 0 Å². The van der Waals surface area contributed by atoms with Crippen molar-refractivity contribution in [2.24, 2.45) is 0 Å². The van der Waals surface area contributed by atoms with Crippen LogP contribution >= 0.6 is 0 Å². The number of nitrogens with one attached hydrogen (secondary N) is 2. The lowest BCUT2D eigenvalue weighted by molar-refractivity contribution is 0.358. The number of aromatic nitrogens is 5. The van der Waals surface area contributed by atoms with E-state index in [4.69, 9.17) is 4.52 Å². The maximum Gasteiger partial charge on any atom is 0.241 e. The maximum absolute atomic E-state index is 5.07. The molecule has 0 spiro atoms. The van der Waals surface area contributed by atoms with E-state index >= 15 is 0 Å². The molecule has 2 N–H and O–H groups in total. The van der Waals surface area contributed by atoms with E-state index in [9.17, 15) is 0 Å². The lowest BCUT2D eigenvalue weighted by atomic mass is 10.3. The molecule has 0 aromatic carbocycles. The number of hydrogen-bond donors (Lipinski definition) is 2. The summed E-state index contributed by atoms with van der Waals surface area (Å²) < 4.78 is 5.07. The molecule has 2 aromatic rings. The summed E-state index contributed by atoms with van der Waals surface area (Å²) in [6.07, 6.45) is 2.46. The predicted molar refractivity (Wildman–Crippen MR) is 56.3 cm³/mol. The van der Waals surface area contributed by atoms with Gasteiger partial charge < -0.3 is 9.84 Å². The SMILES string of the molecule is CCC(C)NCc1nc(-c2ncn[nH]2)no1. The van der Waals surface area contributed by atoms with Crippen molar-refractivity contribution in [3.8, 4) is 11.6 Å². The first-order valence-electron chi connectivity index (χ1n) is 5.21. The number of H-pyrrole nitrogens is 1. The van der Waals surface area contributed by atoms with E-state index in [0.717, 1.165) is 6.42 Å². The van der Waals surface area contributed by atoms with Gasteiger partial charge in [0, 0.05) is 6.04 Å². The minimum atomic E-state index is 0.429. The van der Waals surface area contributed by atoms with Gasteiger partial charge in [0.05, 0.1) is 6.54 Å². The third-order valence-electron chi connectivity index (χ3n) is 2.31. The molecule has 86 valence electrons. The van der Waals surface area contributed by atoms with Gasteiger partial charge in [0.2, 0.25) is 11.7 Å². The minimum Gasteiger partial charge on any atom is -0.337 e. The first kappa shape index (κ1) is 10.7. The molecule has 2 aromatic heterocycles. The van der Waals surface area contributed by atoms with Gasteiger partial charge in [0.25, 0.3) is 0 Å². The summed E-state index contributed by atoms with van der Waals surface area (Å²) in [6, 6.07) is 0.431. The molecule has 16 heavy (non-hydrogen) atoms. The second kappa shape index (κ2) is 4.84. The van der Waals surface area contributed by atoms with Gasteiger partial charge in [-0.1, -0.05) is 12.1 Å². The lowest BCUT2D eigenvalue weighted by Crippen LogP contribution is -2.24. The van der Waals surface area contributed by atoms with Gasteiger partial charge in [-0.2, -0.15) is 10.1 Å². The molecule has 7 nitrogen and oxygen atoms in total. The van der Waals surface area contributed by atoms with Crippen molar-refractivity contribution in [2.45, 2.75) is 32.9 Å². The zero-order chi connectivity index (χ0) is 11.4. The van der Waals surface area contributed by atoms with Crippen LogP contribution in [0.1, 0.15) is 26.2 Å². The van der Waals surface area contributed by atoms with E-state index in [1.165, 1.54) is 6.33 Å². The molecule has 0 bridgehead atoms. The van der Waals surface area contributed by atoms with Crippen LogP contribution in [0, 0.1) is 0 Å². The van der Waals surface area contributed by atoms with E-state index < -0.39 is 0 Å². The molecule has 2 heterocycles. The monoisotopic (exact) mass is 222 g/mol. The van der Waals surface area contributed by atoms with Gasteiger partial charge in [-0.25, -0.2) is 4.98 Å². The van der Waals surface area contributed by atoms with E-state index in [0.29, 0.717) is 30.1 Å². The highest BCUT2D eigenvalue weighted by atomic mass is 16.5. The summed E-state index contributed by atoms with van der Waals surface area (Å²) >= 11 is 0. The Morgan fingerprint density at radius 2 is 2.44 bits per heavy atom. The summed E-state index contributed by atoms with van der Waals surface area (Å²) in [5.41, 5.74) is 0. The Labute approximate surface area is 92.7 Å². The third-order valence-corrected chi connectivity index (χ3v) is 2.31. The van der Waals surface area contributed by atoms with Crippen LogP contribution in [0.4, 0.5) is 0 Å². The average Bonchev–Trinajstić information content (AvgIpc) is 2.95. The van der Waals surface area contributed by atoms with Crippen LogP contribution in [-0.2, 0) is 6.54 Å². The Morgan fingerprint density at radius 1 is 1.56 bits per heavy atom. The van der Waals surface area contributed by atoms with Gasteiger partial charge in [-0.15, -0.1) is 0 Å².